The fourth-order valence-electron chi connectivity index (χ4n) is 2.68. The lowest BCUT2D eigenvalue weighted by Gasteiger charge is -2.18. The second-order valence-corrected chi connectivity index (χ2v) is 7.19. The van der Waals surface area contributed by atoms with Crippen LogP contribution in [0.4, 0.5) is 0 Å². The van der Waals surface area contributed by atoms with Gasteiger partial charge in [0.25, 0.3) is 5.91 Å². The summed E-state index contributed by atoms with van der Waals surface area (Å²) in [5.41, 5.74) is 2.25. The number of halogens is 1. The maximum Gasteiger partial charge on any atom is 0.307 e. The first-order chi connectivity index (χ1) is 13.4. The van der Waals surface area contributed by atoms with E-state index in [1.165, 1.54) is 7.11 Å². The highest BCUT2D eigenvalue weighted by Gasteiger charge is 2.19. The van der Waals surface area contributed by atoms with E-state index in [2.05, 4.69) is 26.6 Å². The lowest BCUT2D eigenvalue weighted by atomic mass is 10.0. The molecule has 28 heavy (non-hydrogen) atoms. The molecule has 0 saturated heterocycles. The summed E-state index contributed by atoms with van der Waals surface area (Å²) in [7, 11) is 1.31. The van der Waals surface area contributed by atoms with E-state index in [0.29, 0.717) is 5.56 Å². The molecule has 6 nitrogen and oxygen atoms in total. The molecule has 0 aliphatic rings. The van der Waals surface area contributed by atoms with Crippen LogP contribution in [0.2, 0.25) is 0 Å². The van der Waals surface area contributed by atoms with Gasteiger partial charge in [-0.3, -0.25) is 14.4 Å². The number of hydrogen-bond donors (Lipinski definition) is 2. The van der Waals surface area contributed by atoms with Gasteiger partial charge in [-0.1, -0.05) is 46.3 Å². The van der Waals surface area contributed by atoms with Crippen molar-refractivity contribution in [2.45, 2.75) is 25.8 Å². The van der Waals surface area contributed by atoms with Crippen molar-refractivity contribution < 1.29 is 19.1 Å². The van der Waals surface area contributed by atoms with Crippen LogP contribution in [0.15, 0.2) is 53.0 Å². The number of methoxy groups -OCH3 is 1. The minimum atomic E-state index is -0.500. The average Bonchev–Trinajstić information content (AvgIpc) is 2.68. The Morgan fingerprint density at radius 1 is 1.07 bits per heavy atom. The molecule has 7 heteroatoms. The van der Waals surface area contributed by atoms with E-state index in [0.717, 1.165) is 15.6 Å². The topological polar surface area (TPSA) is 84.5 Å². The van der Waals surface area contributed by atoms with E-state index >= 15 is 0 Å². The van der Waals surface area contributed by atoms with E-state index in [-0.39, 0.29) is 31.2 Å². The molecule has 0 spiro atoms. The fraction of sp³-hybridized carbons (Fsp3) is 0.286. The number of amides is 2. The quantitative estimate of drug-likeness (QED) is 0.609. The van der Waals surface area contributed by atoms with E-state index in [1.807, 2.05) is 43.3 Å². The zero-order valence-electron chi connectivity index (χ0n) is 15.8. The number of esters is 1. The van der Waals surface area contributed by atoms with Crippen LogP contribution >= 0.6 is 15.9 Å². The molecule has 1 unspecified atom stereocenters. The SMILES string of the molecule is COC(=O)CC(NC(=O)CCNC(=O)c1ccccc1C)c1ccc(Br)cc1. The Morgan fingerprint density at radius 3 is 2.39 bits per heavy atom. The van der Waals surface area contributed by atoms with Gasteiger partial charge in [-0.15, -0.1) is 0 Å². The normalized spacial score (nSPS) is 11.4. The van der Waals surface area contributed by atoms with Crippen LogP contribution in [-0.2, 0) is 14.3 Å². The van der Waals surface area contributed by atoms with Crippen LogP contribution in [0.3, 0.4) is 0 Å². The Bertz CT molecular complexity index is 837. The molecule has 0 aliphatic heterocycles. The molecular formula is C21H23BrN2O4. The summed E-state index contributed by atoms with van der Waals surface area (Å²) in [5, 5.41) is 5.58. The van der Waals surface area contributed by atoms with E-state index in [1.54, 1.807) is 12.1 Å². The van der Waals surface area contributed by atoms with Gasteiger partial charge in [0.1, 0.15) is 0 Å². The molecular weight excluding hydrogens is 424 g/mol. The van der Waals surface area contributed by atoms with Crippen LogP contribution in [-0.4, -0.2) is 31.4 Å². The van der Waals surface area contributed by atoms with Gasteiger partial charge in [0.05, 0.1) is 19.6 Å². The molecule has 2 rings (SSSR count). The zero-order chi connectivity index (χ0) is 20.5. The van der Waals surface area contributed by atoms with Crippen LogP contribution in [0, 0.1) is 6.92 Å². The van der Waals surface area contributed by atoms with E-state index in [9.17, 15) is 14.4 Å². The van der Waals surface area contributed by atoms with Gasteiger partial charge in [0, 0.05) is 23.0 Å². The molecule has 148 valence electrons. The third-order valence-electron chi connectivity index (χ3n) is 4.23. The second kappa shape index (κ2) is 10.6. The first-order valence-electron chi connectivity index (χ1n) is 8.86. The zero-order valence-corrected chi connectivity index (χ0v) is 17.4. The first-order valence-corrected chi connectivity index (χ1v) is 9.65. The lowest BCUT2D eigenvalue weighted by Crippen LogP contribution is -2.34. The molecule has 2 N–H and O–H groups in total. The standard InChI is InChI=1S/C21H23BrN2O4/c1-14-5-3-4-6-17(14)21(27)23-12-11-19(25)24-18(13-20(26)28-2)15-7-9-16(22)10-8-15/h3-10,18H,11-13H2,1-2H3,(H,23,27)(H,24,25). The van der Waals surface area contributed by atoms with Crippen molar-refractivity contribution in [1.82, 2.24) is 10.6 Å². The summed E-state index contributed by atoms with van der Waals surface area (Å²) in [6.07, 6.45) is 0.130. The Labute approximate surface area is 172 Å². The Kier molecular flexibility index (Phi) is 8.19. The van der Waals surface area contributed by atoms with Crippen molar-refractivity contribution in [2.75, 3.05) is 13.7 Å². The summed E-state index contributed by atoms with van der Waals surface area (Å²) in [6, 6.07) is 14.1. The highest BCUT2D eigenvalue weighted by molar-refractivity contribution is 9.10. The van der Waals surface area contributed by atoms with Crippen LogP contribution in [0.1, 0.15) is 40.4 Å². The molecule has 0 fully saturated rings. The third-order valence-corrected chi connectivity index (χ3v) is 4.76. The molecule has 2 aromatic carbocycles. The number of carbonyl (C=O) groups excluding carboxylic acids is 3. The van der Waals surface area contributed by atoms with Crippen LogP contribution < -0.4 is 10.6 Å². The Hall–Kier alpha value is -2.67. The number of nitrogens with one attached hydrogen (secondary N) is 2. The van der Waals surface area contributed by atoms with Gasteiger partial charge in [0.2, 0.25) is 5.91 Å². The Morgan fingerprint density at radius 2 is 1.75 bits per heavy atom. The van der Waals surface area contributed by atoms with Crippen LogP contribution in [0.5, 0.6) is 0 Å². The predicted octanol–water partition coefficient (Wildman–Crippen LogP) is 3.30. The second-order valence-electron chi connectivity index (χ2n) is 6.27. The first kappa shape index (κ1) is 21.6. The molecule has 0 radical (unpaired) electrons. The number of ether oxygens (including phenoxy) is 1. The summed E-state index contributed by atoms with van der Waals surface area (Å²) < 4.78 is 5.62. The monoisotopic (exact) mass is 446 g/mol. The average molecular weight is 447 g/mol. The van der Waals surface area contributed by atoms with Crippen molar-refractivity contribution in [1.29, 1.82) is 0 Å². The van der Waals surface area contributed by atoms with E-state index < -0.39 is 12.0 Å². The van der Waals surface area contributed by atoms with Crippen molar-refractivity contribution in [2.24, 2.45) is 0 Å². The summed E-state index contributed by atoms with van der Waals surface area (Å²) in [5.74, 6) is -0.895. The molecule has 0 aliphatic carbocycles. The van der Waals surface area contributed by atoms with Gasteiger partial charge < -0.3 is 15.4 Å². The smallest absolute Gasteiger partial charge is 0.307 e. The van der Waals surface area contributed by atoms with E-state index in [4.69, 9.17) is 4.74 Å². The predicted molar refractivity (Wildman–Crippen MR) is 110 cm³/mol. The van der Waals surface area contributed by atoms with Crippen molar-refractivity contribution >= 4 is 33.7 Å². The van der Waals surface area contributed by atoms with Gasteiger partial charge in [-0.2, -0.15) is 0 Å². The van der Waals surface area contributed by atoms with Gasteiger partial charge >= 0.3 is 5.97 Å². The summed E-state index contributed by atoms with van der Waals surface area (Å²) in [4.78, 5) is 36.2. The minimum Gasteiger partial charge on any atom is -0.469 e. The number of carbonyl (C=O) groups is 3. The minimum absolute atomic E-state index is 0.0272. The van der Waals surface area contributed by atoms with Crippen molar-refractivity contribution in [3.8, 4) is 0 Å². The molecule has 0 saturated carbocycles. The summed E-state index contributed by atoms with van der Waals surface area (Å²) in [6.45, 7) is 2.06. The lowest BCUT2D eigenvalue weighted by molar-refractivity contribution is -0.141. The highest BCUT2D eigenvalue weighted by atomic mass is 79.9. The molecule has 1 atom stereocenters. The maximum atomic E-state index is 12.3. The third kappa shape index (κ3) is 6.49. The largest absolute Gasteiger partial charge is 0.469 e. The van der Waals surface area contributed by atoms with Gasteiger partial charge in [-0.05, 0) is 36.2 Å². The number of benzene rings is 2. The molecule has 0 aromatic heterocycles. The van der Waals surface area contributed by atoms with Crippen molar-refractivity contribution in [3.05, 3.63) is 69.7 Å². The number of aryl methyl sites for hydroxylation is 1. The highest BCUT2D eigenvalue weighted by Crippen LogP contribution is 2.20. The molecule has 2 amide bonds. The molecule has 0 heterocycles. The fourth-order valence-corrected chi connectivity index (χ4v) is 2.94. The summed E-state index contributed by atoms with van der Waals surface area (Å²) >= 11 is 3.36. The number of hydrogen-bond acceptors (Lipinski definition) is 4. The maximum absolute atomic E-state index is 12.3. The van der Waals surface area contributed by atoms with Gasteiger partial charge in [0.15, 0.2) is 0 Å². The van der Waals surface area contributed by atoms with Crippen molar-refractivity contribution in [3.63, 3.8) is 0 Å². The Balaban J connectivity index is 1.92. The van der Waals surface area contributed by atoms with Gasteiger partial charge in [-0.25, -0.2) is 0 Å². The van der Waals surface area contributed by atoms with Crippen LogP contribution in [0.25, 0.3) is 0 Å². The molecule has 2 aromatic rings. The number of rotatable bonds is 8. The molecule has 0 bridgehead atoms.